The number of oxazole rings is 1. The van der Waals surface area contributed by atoms with E-state index in [9.17, 15) is 13.2 Å². The molecule has 8 heteroatoms. The zero-order valence-corrected chi connectivity index (χ0v) is 18.0. The number of aromatic nitrogens is 1. The second-order valence-electron chi connectivity index (χ2n) is 8.46. The van der Waals surface area contributed by atoms with Crippen molar-refractivity contribution in [3.8, 4) is 11.5 Å². The maximum absolute atomic E-state index is 12.8. The number of hydrogen-bond donors (Lipinski definition) is 0. The predicted octanol–water partition coefficient (Wildman–Crippen LogP) is 4.75. The summed E-state index contributed by atoms with van der Waals surface area (Å²) in [4.78, 5) is 9.60. The standard InChI is InChI=1S/C23H30F3N3O2/c1-17-21(27-22(31-17)18-5-7-19(8-6-18)23(24,25)26)16-29-10-3-2-4-20(29)9-11-28-12-14-30-15-13-28/h5-8,20H,2-4,9-16H2,1H3/t20-/m0/s1. The van der Waals surface area contributed by atoms with Gasteiger partial charge < -0.3 is 9.15 Å². The second-order valence-corrected chi connectivity index (χ2v) is 8.46. The van der Waals surface area contributed by atoms with Crippen LogP contribution in [0.5, 0.6) is 0 Å². The molecule has 31 heavy (non-hydrogen) atoms. The van der Waals surface area contributed by atoms with Crippen LogP contribution in [0.25, 0.3) is 11.5 Å². The lowest BCUT2D eigenvalue weighted by Crippen LogP contribution is -2.43. The monoisotopic (exact) mass is 437 g/mol. The van der Waals surface area contributed by atoms with Crippen LogP contribution in [0.4, 0.5) is 13.2 Å². The number of aryl methyl sites for hydroxylation is 1. The van der Waals surface area contributed by atoms with Gasteiger partial charge in [0.1, 0.15) is 5.76 Å². The fourth-order valence-electron chi connectivity index (χ4n) is 4.44. The Morgan fingerprint density at radius 2 is 1.81 bits per heavy atom. The summed E-state index contributed by atoms with van der Waals surface area (Å²) in [6, 6.07) is 5.50. The first-order valence-electron chi connectivity index (χ1n) is 11.1. The Kier molecular flexibility index (Phi) is 6.99. The summed E-state index contributed by atoms with van der Waals surface area (Å²) < 4.78 is 49.7. The summed E-state index contributed by atoms with van der Waals surface area (Å²) in [7, 11) is 0. The number of halogens is 3. The number of ether oxygens (including phenoxy) is 1. The van der Waals surface area contributed by atoms with Gasteiger partial charge in [-0.2, -0.15) is 13.2 Å². The van der Waals surface area contributed by atoms with Crippen LogP contribution in [0.15, 0.2) is 28.7 Å². The highest BCUT2D eigenvalue weighted by atomic mass is 19.4. The third kappa shape index (κ3) is 5.67. The molecular weight excluding hydrogens is 407 g/mol. The Labute approximate surface area is 181 Å². The van der Waals surface area contributed by atoms with E-state index in [1.54, 1.807) is 0 Å². The van der Waals surface area contributed by atoms with Crippen molar-refractivity contribution in [3.63, 3.8) is 0 Å². The van der Waals surface area contributed by atoms with E-state index in [2.05, 4.69) is 14.8 Å². The summed E-state index contributed by atoms with van der Waals surface area (Å²) in [6.07, 6.45) is 0.395. The van der Waals surface area contributed by atoms with Gasteiger partial charge in [0.05, 0.1) is 24.5 Å². The van der Waals surface area contributed by atoms with Gasteiger partial charge in [0.15, 0.2) is 0 Å². The Morgan fingerprint density at radius 3 is 2.52 bits per heavy atom. The summed E-state index contributed by atoms with van der Waals surface area (Å²) in [5.41, 5.74) is 0.759. The molecule has 4 rings (SSSR count). The third-order valence-corrected chi connectivity index (χ3v) is 6.34. The van der Waals surface area contributed by atoms with Crippen LogP contribution in [0.1, 0.15) is 42.7 Å². The molecule has 2 saturated heterocycles. The minimum atomic E-state index is -4.35. The Hall–Kier alpha value is -1.90. The molecule has 2 fully saturated rings. The Bertz CT molecular complexity index is 845. The Morgan fingerprint density at radius 1 is 1.06 bits per heavy atom. The maximum Gasteiger partial charge on any atom is 0.416 e. The molecule has 3 heterocycles. The van der Waals surface area contributed by atoms with E-state index in [1.165, 1.54) is 31.4 Å². The van der Waals surface area contributed by atoms with E-state index in [4.69, 9.17) is 9.15 Å². The van der Waals surface area contributed by atoms with Gasteiger partial charge in [-0.15, -0.1) is 0 Å². The SMILES string of the molecule is Cc1oc(-c2ccc(C(F)(F)F)cc2)nc1CN1CCCC[C@H]1CCN1CCOCC1. The van der Waals surface area contributed by atoms with Crippen LogP contribution in [0, 0.1) is 6.92 Å². The van der Waals surface area contributed by atoms with E-state index in [1.807, 2.05) is 6.92 Å². The van der Waals surface area contributed by atoms with E-state index < -0.39 is 11.7 Å². The molecule has 0 radical (unpaired) electrons. The van der Waals surface area contributed by atoms with Crippen molar-refractivity contribution in [1.82, 2.24) is 14.8 Å². The molecule has 0 N–H and O–H groups in total. The van der Waals surface area contributed by atoms with Crippen LogP contribution < -0.4 is 0 Å². The highest BCUT2D eigenvalue weighted by Crippen LogP contribution is 2.31. The van der Waals surface area contributed by atoms with Crippen LogP contribution in [-0.2, 0) is 17.5 Å². The molecule has 0 spiro atoms. The first-order chi connectivity index (χ1) is 14.9. The van der Waals surface area contributed by atoms with Crippen molar-refractivity contribution in [2.24, 2.45) is 0 Å². The van der Waals surface area contributed by atoms with Crippen LogP contribution >= 0.6 is 0 Å². The summed E-state index contributed by atoms with van der Waals surface area (Å²) in [5, 5.41) is 0. The van der Waals surface area contributed by atoms with Gasteiger partial charge in [0.25, 0.3) is 0 Å². The zero-order valence-electron chi connectivity index (χ0n) is 18.0. The summed E-state index contributed by atoms with van der Waals surface area (Å²) >= 11 is 0. The first kappa shape index (κ1) is 22.3. The minimum absolute atomic E-state index is 0.378. The van der Waals surface area contributed by atoms with Crippen LogP contribution in [0.2, 0.25) is 0 Å². The van der Waals surface area contributed by atoms with E-state index in [-0.39, 0.29) is 0 Å². The molecule has 1 aromatic carbocycles. The minimum Gasteiger partial charge on any atom is -0.441 e. The molecule has 170 valence electrons. The topological polar surface area (TPSA) is 41.7 Å². The molecule has 2 aromatic rings. The van der Waals surface area contributed by atoms with E-state index in [0.29, 0.717) is 24.0 Å². The fraction of sp³-hybridized carbons (Fsp3) is 0.609. The first-order valence-corrected chi connectivity index (χ1v) is 11.1. The summed E-state index contributed by atoms with van der Waals surface area (Å²) in [5.74, 6) is 1.11. The molecule has 0 unspecified atom stereocenters. The molecule has 0 amide bonds. The van der Waals surface area contributed by atoms with Gasteiger partial charge >= 0.3 is 6.18 Å². The number of benzene rings is 1. The zero-order chi connectivity index (χ0) is 21.8. The average Bonchev–Trinajstić information content (AvgIpc) is 3.13. The average molecular weight is 438 g/mol. The number of piperidine rings is 1. The number of morpholine rings is 1. The van der Waals surface area contributed by atoms with E-state index in [0.717, 1.165) is 69.4 Å². The summed E-state index contributed by atoms with van der Waals surface area (Å²) in [6.45, 7) is 8.36. The number of hydrogen-bond acceptors (Lipinski definition) is 5. The molecule has 2 aliphatic rings. The van der Waals surface area contributed by atoms with Gasteiger partial charge in [-0.05, 0) is 63.5 Å². The van der Waals surface area contributed by atoms with Gasteiger partial charge in [0.2, 0.25) is 5.89 Å². The van der Waals surface area contributed by atoms with Gasteiger partial charge in [-0.3, -0.25) is 9.80 Å². The highest BCUT2D eigenvalue weighted by Gasteiger charge is 2.30. The Balaban J connectivity index is 1.41. The molecule has 5 nitrogen and oxygen atoms in total. The smallest absolute Gasteiger partial charge is 0.416 e. The lowest BCUT2D eigenvalue weighted by atomic mass is 9.98. The molecule has 1 atom stereocenters. The lowest BCUT2D eigenvalue weighted by Gasteiger charge is -2.37. The molecule has 2 aliphatic heterocycles. The predicted molar refractivity (Wildman–Crippen MR) is 112 cm³/mol. The third-order valence-electron chi connectivity index (χ3n) is 6.34. The number of likely N-dealkylation sites (tertiary alicyclic amines) is 1. The molecule has 0 bridgehead atoms. The van der Waals surface area contributed by atoms with Gasteiger partial charge in [-0.1, -0.05) is 6.42 Å². The normalized spacial score (nSPS) is 21.5. The van der Waals surface area contributed by atoms with Crippen molar-refractivity contribution < 1.29 is 22.3 Å². The van der Waals surface area contributed by atoms with Gasteiger partial charge in [0, 0.05) is 31.2 Å². The van der Waals surface area contributed by atoms with Crippen LogP contribution in [0.3, 0.4) is 0 Å². The van der Waals surface area contributed by atoms with Gasteiger partial charge in [-0.25, -0.2) is 4.98 Å². The van der Waals surface area contributed by atoms with Crippen molar-refractivity contribution >= 4 is 0 Å². The van der Waals surface area contributed by atoms with Crippen molar-refractivity contribution in [2.75, 3.05) is 39.4 Å². The second kappa shape index (κ2) is 9.71. The number of nitrogens with zero attached hydrogens (tertiary/aromatic N) is 3. The number of alkyl halides is 3. The molecular formula is C23H30F3N3O2. The maximum atomic E-state index is 12.8. The quantitative estimate of drug-likeness (QED) is 0.653. The number of rotatable bonds is 6. The van der Waals surface area contributed by atoms with Crippen molar-refractivity contribution in [1.29, 1.82) is 0 Å². The molecule has 1 aromatic heterocycles. The van der Waals surface area contributed by atoms with Crippen molar-refractivity contribution in [2.45, 2.75) is 51.4 Å². The highest BCUT2D eigenvalue weighted by molar-refractivity contribution is 5.54. The largest absolute Gasteiger partial charge is 0.441 e. The molecule has 0 saturated carbocycles. The van der Waals surface area contributed by atoms with Crippen LogP contribution in [-0.4, -0.2) is 60.2 Å². The van der Waals surface area contributed by atoms with Crippen molar-refractivity contribution in [3.05, 3.63) is 41.3 Å². The fourth-order valence-corrected chi connectivity index (χ4v) is 4.44. The lowest BCUT2D eigenvalue weighted by molar-refractivity contribution is -0.137. The van der Waals surface area contributed by atoms with E-state index >= 15 is 0 Å². The molecule has 0 aliphatic carbocycles.